The minimum Gasteiger partial charge on any atom is -0.457 e. The highest BCUT2D eigenvalue weighted by atomic mass is 16.6. The van der Waals surface area contributed by atoms with Gasteiger partial charge in [0.25, 0.3) is 0 Å². The van der Waals surface area contributed by atoms with E-state index in [4.69, 9.17) is 9.47 Å². The lowest BCUT2D eigenvalue weighted by atomic mass is 9.86. The lowest BCUT2D eigenvalue weighted by Gasteiger charge is -2.36. The van der Waals surface area contributed by atoms with E-state index in [2.05, 4.69) is 20.8 Å². The molecular weight excluding hydrogens is 216 g/mol. The third-order valence-corrected chi connectivity index (χ3v) is 3.71. The van der Waals surface area contributed by atoms with Gasteiger partial charge in [0.15, 0.2) is 0 Å². The second-order valence-corrected chi connectivity index (χ2v) is 6.43. The number of rotatable bonds is 1. The van der Waals surface area contributed by atoms with E-state index in [0.29, 0.717) is 0 Å². The number of carbonyl (C=O) groups is 1. The summed E-state index contributed by atoms with van der Waals surface area (Å²) < 4.78 is 11.6. The molecule has 1 rings (SSSR count). The topological polar surface area (TPSA) is 35.5 Å². The Labute approximate surface area is 105 Å². The van der Waals surface area contributed by atoms with Crippen molar-refractivity contribution >= 4 is 5.97 Å². The first-order valence-electron chi connectivity index (χ1n) is 6.50. The highest BCUT2D eigenvalue weighted by molar-refractivity contribution is 5.66. The van der Waals surface area contributed by atoms with Gasteiger partial charge in [-0.25, -0.2) is 0 Å². The summed E-state index contributed by atoms with van der Waals surface area (Å²) in [7, 11) is 0. The van der Waals surface area contributed by atoms with E-state index in [1.165, 1.54) is 6.92 Å². The molecule has 0 aliphatic carbocycles. The molecule has 0 saturated carbocycles. The molecule has 3 heteroatoms. The summed E-state index contributed by atoms with van der Waals surface area (Å²) >= 11 is 0. The summed E-state index contributed by atoms with van der Waals surface area (Å²) in [5, 5.41) is 0. The average Bonchev–Trinajstić information content (AvgIpc) is 2.25. The van der Waals surface area contributed by atoms with Crippen LogP contribution in [-0.4, -0.2) is 23.8 Å². The molecule has 0 unspecified atom stereocenters. The fourth-order valence-corrected chi connectivity index (χ4v) is 2.40. The number of hydrogen-bond donors (Lipinski definition) is 0. The van der Waals surface area contributed by atoms with Crippen LogP contribution in [0.15, 0.2) is 0 Å². The van der Waals surface area contributed by atoms with Gasteiger partial charge >= 0.3 is 5.97 Å². The Morgan fingerprint density at radius 1 is 1.41 bits per heavy atom. The van der Waals surface area contributed by atoms with Crippen molar-refractivity contribution in [1.29, 1.82) is 0 Å². The summed E-state index contributed by atoms with van der Waals surface area (Å²) in [6.07, 6.45) is 3.12. The van der Waals surface area contributed by atoms with E-state index in [1.807, 2.05) is 13.8 Å². The molecule has 0 spiro atoms. The minimum absolute atomic E-state index is 0.0573. The van der Waals surface area contributed by atoms with Crippen molar-refractivity contribution in [2.24, 2.45) is 5.41 Å². The minimum atomic E-state index is -0.480. The fraction of sp³-hybridized carbons (Fsp3) is 0.929. The summed E-state index contributed by atoms with van der Waals surface area (Å²) in [5.41, 5.74) is -0.346. The maximum atomic E-state index is 11.2. The first kappa shape index (κ1) is 14.5. The van der Waals surface area contributed by atoms with Crippen LogP contribution < -0.4 is 0 Å². The smallest absolute Gasteiger partial charge is 0.303 e. The predicted octanol–water partition coefficient (Wildman–Crippen LogP) is 3.31. The van der Waals surface area contributed by atoms with Gasteiger partial charge in [-0.2, -0.15) is 0 Å². The molecule has 1 aliphatic heterocycles. The van der Waals surface area contributed by atoms with Crippen molar-refractivity contribution in [2.45, 2.75) is 78.6 Å². The molecule has 0 amide bonds. The zero-order valence-corrected chi connectivity index (χ0v) is 12.0. The molecule has 3 nitrogen and oxygen atoms in total. The first-order chi connectivity index (χ1) is 7.65. The average molecular weight is 242 g/mol. The molecule has 1 heterocycles. The Kier molecular flexibility index (Phi) is 4.23. The van der Waals surface area contributed by atoms with Crippen LogP contribution in [0.4, 0.5) is 0 Å². The SMILES string of the molecule is CC(=O)O[C@]1(C)CCC[C@@H](C(C)(C)C)O[C@@H]1C. The van der Waals surface area contributed by atoms with Gasteiger partial charge < -0.3 is 9.47 Å². The first-order valence-corrected chi connectivity index (χ1v) is 6.50. The molecule has 1 aliphatic rings. The van der Waals surface area contributed by atoms with Crippen molar-refractivity contribution < 1.29 is 14.3 Å². The van der Waals surface area contributed by atoms with Crippen molar-refractivity contribution in [3.63, 3.8) is 0 Å². The van der Waals surface area contributed by atoms with E-state index >= 15 is 0 Å². The molecule has 0 N–H and O–H groups in total. The Balaban J connectivity index is 2.78. The zero-order chi connectivity index (χ0) is 13.3. The Bertz CT molecular complexity index is 280. The summed E-state index contributed by atoms with van der Waals surface area (Å²) in [6.45, 7) is 12.0. The second-order valence-electron chi connectivity index (χ2n) is 6.43. The molecular formula is C14H26O3. The molecule has 0 aromatic carbocycles. The normalized spacial score (nSPS) is 35.2. The standard InChI is InChI=1S/C14H26O3/c1-10-14(6,17-11(2)15)9-7-8-12(16-10)13(3,4)5/h10,12H,7-9H2,1-6H3/t10-,12+,14-/m1/s1. The van der Waals surface area contributed by atoms with Gasteiger partial charge in [0.2, 0.25) is 0 Å². The van der Waals surface area contributed by atoms with E-state index in [-0.39, 0.29) is 23.6 Å². The van der Waals surface area contributed by atoms with Gasteiger partial charge in [-0.1, -0.05) is 20.8 Å². The van der Waals surface area contributed by atoms with E-state index in [0.717, 1.165) is 19.3 Å². The summed E-state index contributed by atoms with van der Waals surface area (Å²) in [5.74, 6) is -0.225. The number of ether oxygens (including phenoxy) is 2. The molecule has 3 atom stereocenters. The van der Waals surface area contributed by atoms with E-state index in [9.17, 15) is 4.79 Å². The Morgan fingerprint density at radius 2 is 2.00 bits per heavy atom. The second kappa shape index (κ2) is 4.97. The maximum absolute atomic E-state index is 11.2. The predicted molar refractivity (Wildman–Crippen MR) is 67.8 cm³/mol. The molecule has 100 valence electrons. The quantitative estimate of drug-likeness (QED) is 0.662. The molecule has 17 heavy (non-hydrogen) atoms. The van der Waals surface area contributed by atoms with Crippen molar-refractivity contribution in [2.75, 3.05) is 0 Å². The lowest BCUT2D eigenvalue weighted by molar-refractivity contribution is -0.179. The third-order valence-electron chi connectivity index (χ3n) is 3.71. The van der Waals surface area contributed by atoms with E-state index in [1.54, 1.807) is 0 Å². The van der Waals surface area contributed by atoms with Gasteiger partial charge in [-0.15, -0.1) is 0 Å². The van der Waals surface area contributed by atoms with Crippen LogP contribution in [-0.2, 0) is 14.3 Å². The fourth-order valence-electron chi connectivity index (χ4n) is 2.40. The number of carbonyl (C=O) groups excluding carboxylic acids is 1. The van der Waals surface area contributed by atoms with Crippen LogP contribution in [0.1, 0.15) is 60.8 Å². The van der Waals surface area contributed by atoms with Crippen LogP contribution in [0.3, 0.4) is 0 Å². The van der Waals surface area contributed by atoms with Crippen LogP contribution in [0.5, 0.6) is 0 Å². The number of esters is 1. The molecule has 0 aromatic rings. The highest BCUT2D eigenvalue weighted by Crippen LogP contribution is 2.36. The Morgan fingerprint density at radius 3 is 2.47 bits per heavy atom. The van der Waals surface area contributed by atoms with Gasteiger partial charge in [0.1, 0.15) is 5.60 Å². The monoisotopic (exact) mass is 242 g/mol. The molecule has 0 radical (unpaired) electrons. The van der Waals surface area contributed by atoms with Gasteiger partial charge in [-0.3, -0.25) is 4.79 Å². The molecule has 1 saturated heterocycles. The van der Waals surface area contributed by atoms with Gasteiger partial charge in [0, 0.05) is 6.92 Å². The van der Waals surface area contributed by atoms with Crippen LogP contribution in [0.2, 0.25) is 0 Å². The van der Waals surface area contributed by atoms with Crippen molar-refractivity contribution in [1.82, 2.24) is 0 Å². The van der Waals surface area contributed by atoms with Crippen LogP contribution >= 0.6 is 0 Å². The Hall–Kier alpha value is -0.570. The van der Waals surface area contributed by atoms with Crippen molar-refractivity contribution in [3.8, 4) is 0 Å². The maximum Gasteiger partial charge on any atom is 0.303 e. The molecule has 1 fully saturated rings. The van der Waals surface area contributed by atoms with Crippen LogP contribution in [0.25, 0.3) is 0 Å². The summed E-state index contributed by atoms with van der Waals surface area (Å²) in [4.78, 5) is 11.2. The van der Waals surface area contributed by atoms with Crippen LogP contribution in [0, 0.1) is 5.41 Å². The lowest BCUT2D eigenvalue weighted by Crippen LogP contribution is -2.44. The largest absolute Gasteiger partial charge is 0.457 e. The van der Waals surface area contributed by atoms with E-state index < -0.39 is 5.60 Å². The zero-order valence-electron chi connectivity index (χ0n) is 12.0. The van der Waals surface area contributed by atoms with Gasteiger partial charge in [0.05, 0.1) is 12.2 Å². The van der Waals surface area contributed by atoms with Gasteiger partial charge in [-0.05, 0) is 38.5 Å². The number of hydrogen-bond acceptors (Lipinski definition) is 3. The molecule has 0 bridgehead atoms. The highest BCUT2D eigenvalue weighted by Gasteiger charge is 2.41. The van der Waals surface area contributed by atoms with Crippen molar-refractivity contribution in [3.05, 3.63) is 0 Å². The summed E-state index contributed by atoms with van der Waals surface area (Å²) in [6, 6.07) is 0. The third kappa shape index (κ3) is 3.70. The molecule has 0 aromatic heterocycles.